The number of rotatable bonds is 18. The molecule has 0 aromatic rings. The Morgan fingerprint density at radius 3 is 2.10 bits per heavy atom. The van der Waals surface area contributed by atoms with Gasteiger partial charge in [-0.1, -0.05) is 62.1 Å². The molecule has 0 aromatic heterocycles. The molecule has 0 aromatic carbocycles. The van der Waals surface area contributed by atoms with Crippen LogP contribution in [0, 0.1) is 0 Å². The maximum absolute atomic E-state index is 11.0. The lowest BCUT2D eigenvalue weighted by Gasteiger charge is -2.24. The van der Waals surface area contributed by atoms with Gasteiger partial charge < -0.3 is 14.9 Å². The molecule has 0 spiro atoms. The molecule has 0 aliphatic heterocycles. The largest absolute Gasteiger partial charge is 0.469 e. The Bertz CT molecular complexity index is 535. The van der Waals surface area contributed by atoms with Gasteiger partial charge in [-0.2, -0.15) is 0 Å². The average Bonchev–Trinajstić information content (AvgIpc) is 2.71. The lowest BCUT2D eigenvalue weighted by molar-refractivity contribution is -0.140. The molecule has 0 radical (unpaired) electrons. The van der Waals surface area contributed by atoms with Crippen LogP contribution >= 0.6 is 0 Å². The highest BCUT2D eigenvalue weighted by molar-refractivity contribution is 5.68. The SMILES string of the molecule is CCCCC[C@H](O)[C@@H](C[C@@H](O)[C@H](CCCCCCCC(=O)OC)N=[N+]=[N-])N=[N+]=[N-]. The van der Waals surface area contributed by atoms with E-state index in [0.717, 1.165) is 51.4 Å². The predicted molar refractivity (Wildman–Crippen MR) is 111 cm³/mol. The van der Waals surface area contributed by atoms with Gasteiger partial charge in [0, 0.05) is 16.2 Å². The molecule has 0 amide bonds. The molecule has 29 heavy (non-hydrogen) atoms. The topological polar surface area (TPSA) is 164 Å². The zero-order valence-corrected chi connectivity index (χ0v) is 17.7. The smallest absolute Gasteiger partial charge is 0.305 e. The molecule has 0 fully saturated rings. The second kappa shape index (κ2) is 18.1. The normalized spacial score (nSPS) is 14.8. The summed E-state index contributed by atoms with van der Waals surface area (Å²) < 4.78 is 4.59. The van der Waals surface area contributed by atoms with Crippen LogP contribution in [0.3, 0.4) is 0 Å². The molecule has 0 aliphatic carbocycles. The van der Waals surface area contributed by atoms with Crippen molar-refractivity contribution in [1.82, 2.24) is 0 Å². The van der Waals surface area contributed by atoms with Gasteiger partial charge in [-0.25, -0.2) is 0 Å². The van der Waals surface area contributed by atoms with Crippen molar-refractivity contribution in [2.45, 2.75) is 108 Å². The third-order valence-corrected chi connectivity index (χ3v) is 4.98. The molecular weight excluding hydrogens is 376 g/mol. The summed E-state index contributed by atoms with van der Waals surface area (Å²) in [7, 11) is 1.38. The number of carbonyl (C=O) groups is 1. The maximum atomic E-state index is 11.0. The molecule has 0 heterocycles. The fraction of sp³-hybridized carbons (Fsp3) is 0.947. The molecule has 0 saturated heterocycles. The lowest BCUT2D eigenvalue weighted by atomic mass is 9.94. The Balaban J connectivity index is 4.43. The number of ether oxygens (including phenoxy) is 1. The zero-order valence-electron chi connectivity index (χ0n) is 17.7. The van der Waals surface area contributed by atoms with E-state index >= 15 is 0 Å². The number of aliphatic hydroxyl groups is 2. The van der Waals surface area contributed by atoms with Crippen LogP contribution < -0.4 is 0 Å². The van der Waals surface area contributed by atoms with E-state index in [0.29, 0.717) is 19.3 Å². The van der Waals surface area contributed by atoms with E-state index in [1.165, 1.54) is 7.11 Å². The summed E-state index contributed by atoms with van der Waals surface area (Å²) >= 11 is 0. The van der Waals surface area contributed by atoms with Gasteiger partial charge >= 0.3 is 5.97 Å². The number of esters is 1. The average molecular weight is 413 g/mol. The van der Waals surface area contributed by atoms with Crippen molar-refractivity contribution in [1.29, 1.82) is 0 Å². The molecular formula is C19H36N6O4. The second-order valence-electron chi connectivity index (χ2n) is 7.29. The molecule has 2 N–H and O–H groups in total. The van der Waals surface area contributed by atoms with Crippen LogP contribution in [0.4, 0.5) is 0 Å². The first-order valence-corrected chi connectivity index (χ1v) is 10.5. The zero-order chi connectivity index (χ0) is 21.9. The van der Waals surface area contributed by atoms with E-state index in [1.807, 2.05) is 0 Å². The third-order valence-electron chi connectivity index (χ3n) is 4.98. The van der Waals surface area contributed by atoms with Crippen molar-refractivity contribution in [2.24, 2.45) is 10.2 Å². The van der Waals surface area contributed by atoms with Crippen LogP contribution in [0.25, 0.3) is 20.9 Å². The highest BCUT2D eigenvalue weighted by atomic mass is 16.5. The Morgan fingerprint density at radius 1 is 0.897 bits per heavy atom. The molecule has 10 nitrogen and oxygen atoms in total. The number of methoxy groups -OCH3 is 1. The summed E-state index contributed by atoms with van der Waals surface area (Å²) in [6, 6.07) is -1.38. The fourth-order valence-corrected chi connectivity index (χ4v) is 3.20. The van der Waals surface area contributed by atoms with Crippen LogP contribution in [0.2, 0.25) is 0 Å². The molecule has 0 unspecified atom stereocenters. The van der Waals surface area contributed by atoms with Crippen LogP contribution in [0.5, 0.6) is 0 Å². The highest BCUT2D eigenvalue weighted by Gasteiger charge is 2.25. The summed E-state index contributed by atoms with van der Waals surface area (Å²) in [5, 5.41) is 28.1. The van der Waals surface area contributed by atoms with E-state index in [9.17, 15) is 15.0 Å². The van der Waals surface area contributed by atoms with Crippen molar-refractivity contribution in [3.05, 3.63) is 20.9 Å². The molecule has 10 heteroatoms. The molecule has 0 bridgehead atoms. The van der Waals surface area contributed by atoms with Gasteiger partial charge in [0.2, 0.25) is 0 Å². The standard InChI is InChI=1S/C19H36N6O4/c1-3-4-8-12-17(26)16(23-25-21)14-18(27)15(22-24-20)11-9-6-5-7-10-13-19(28)29-2/h15-18,26-27H,3-14H2,1-2H3/t15-,16+,17-,18+/m0/s1. The number of nitrogens with zero attached hydrogens (tertiary/aromatic N) is 6. The number of carbonyl (C=O) groups excluding carboxylic acids is 1. The van der Waals surface area contributed by atoms with Crippen molar-refractivity contribution in [2.75, 3.05) is 7.11 Å². The predicted octanol–water partition coefficient (Wildman–Crippen LogP) is 4.94. The summed E-state index contributed by atoms with van der Waals surface area (Å²) in [5.74, 6) is -0.206. The van der Waals surface area contributed by atoms with E-state index in [-0.39, 0.29) is 12.4 Å². The highest BCUT2D eigenvalue weighted by Crippen LogP contribution is 2.20. The minimum atomic E-state index is -0.985. The van der Waals surface area contributed by atoms with Crippen LogP contribution in [-0.4, -0.2) is 47.6 Å². The Kier molecular flexibility index (Phi) is 16.8. The number of unbranched alkanes of at least 4 members (excludes halogenated alkanes) is 6. The van der Waals surface area contributed by atoms with Gasteiger partial charge in [-0.05, 0) is 36.7 Å². The van der Waals surface area contributed by atoms with Gasteiger partial charge in [-0.15, -0.1) is 0 Å². The maximum Gasteiger partial charge on any atom is 0.305 e. The summed E-state index contributed by atoms with van der Waals surface area (Å²) in [6.07, 6.45) is 6.77. The van der Waals surface area contributed by atoms with Crippen LogP contribution in [0.1, 0.15) is 84.0 Å². The minimum absolute atomic E-state index is 0.0557. The number of azide groups is 2. The van der Waals surface area contributed by atoms with Crippen molar-refractivity contribution >= 4 is 5.97 Å². The summed E-state index contributed by atoms with van der Waals surface area (Å²) in [4.78, 5) is 16.7. The second-order valence-corrected chi connectivity index (χ2v) is 7.29. The fourth-order valence-electron chi connectivity index (χ4n) is 3.20. The van der Waals surface area contributed by atoms with Crippen molar-refractivity contribution in [3.8, 4) is 0 Å². The van der Waals surface area contributed by atoms with E-state index in [2.05, 4.69) is 31.7 Å². The monoisotopic (exact) mass is 412 g/mol. The number of aliphatic hydroxyl groups excluding tert-OH is 2. The molecule has 0 aliphatic rings. The van der Waals surface area contributed by atoms with Gasteiger partial charge in [0.05, 0.1) is 31.4 Å². The Morgan fingerprint density at radius 2 is 1.48 bits per heavy atom. The van der Waals surface area contributed by atoms with Crippen LogP contribution in [-0.2, 0) is 9.53 Å². The van der Waals surface area contributed by atoms with Gasteiger partial charge in [0.25, 0.3) is 0 Å². The minimum Gasteiger partial charge on any atom is -0.469 e. The first-order chi connectivity index (χ1) is 14.0. The first-order valence-electron chi connectivity index (χ1n) is 10.5. The van der Waals surface area contributed by atoms with Crippen molar-refractivity contribution in [3.63, 3.8) is 0 Å². The van der Waals surface area contributed by atoms with Crippen molar-refractivity contribution < 1.29 is 19.7 Å². The number of hydrogen-bond acceptors (Lipinski definition) is 6. The van der Waals surface area contributed by atoms with Gasteiger partial charge in [0.15, 0.2) is 0 Å². The molecule has 0 saturated carbocycles. The lowest BCUT2D eigenvalue weighted by Crippen LogP contribution is -2.33. The van der Waals surface area contributed by atoms with E-state index < -0.39 is 24.3 Å². The first kappa shape index (κ1) is 27.0. The van der Waals surface area contributed by atoms with Gasteiger partial charge in [0.1, 0.15) is 0 Å². The van der Waals surface area contributed by atoms with Gasteiger partial charge in [-0.3, -0.25) is 4.79 Å². The van der Waals surface area contributed by atoms with E-state index in [4.69, 9.17) is 11.1 Å². The summed E-state index contributed by atoms with van der Waals surface area (Å²) in [6.45, 7) is 2.06. The van der Waals surface area contributed by atoms with Crippen LogP contribution in [0.15, 0.2) is 10.2 Å². The Hall–Kier alpha value is -1.99. The van der Waals surface area contributed by atoms with E-state index in [1.54, 1.807) is 0 Å². The number of hydrogen-bond donors (Lipinski definition) is 2. The Labute approximate surface area is 172 Å². The summed E-state index contributed by atoms with van der Waals surface area (Å²) in [5.41, 5.74) is 17.6. The molecule has 166 valence electrons. The molecule has 4 atom stereocenters. The molecule has 0 rings (SSSR count). The quantitative estimate of drug-likeness (QED) is 0.107. The third kappa shape index (κ3) is 13.8.